The van der Waals surface area contributed by atoms with Gasteiger partial charge in [-0.15, -0.1) is 0 Å². The lowest BCUT2D eigenvalue weighted by atomic mass is 10.2. The van der Waals surface area contributed by atoms with E-state index >= 15 is 0 Å². The van der Waals surface area contributed by atoms with E-state index in [1.165, 1.54) is 12.1 Å². The third-order valence-electron chi connectivity index (χ3n) is 2.63. The Hall–Kier alpha value is -1.94. The lowest BCUT2D eigenvalue weighted by Gasteiger charge is -2.22. The van der Waals surface area contributed by atoms with Gasteiger partial charge in [0.05, 0.1) is 6.61 Å². The highest BCUT2D eigenvalue weighted by Gasteiger charge is 2.07. The van der Waals surface area contributed by atoms with Crippen LogP contribution in [0.15, 0.2) is 48.7 Å². The molecule has 3 nitrogen and oxygen atoms in total. The molecule has 1 aromatic carbocycles. The maximum atomic E-state index is 12.8. The Labute approximate surface area is 106 Å². The maximum absolute atomic E-state index is 12.8. The number of rotatable bonds is 5. The van der Waals surface area contributed by atoms with E-state index in [9.17, 15) is 4.39 Å². The average molecular weight is 246 g/mol. The van der Waals surface area contributed by atoms with E-state index in [1.54, 1.807) is 18.3 Å². The maximum Gasteiger partial charge on any atom is 0.128 e. The van der Waals surface area contributed by atoms with Crippen molar-refractivity contribution in [2.24, 2.45) is 0 Å². The Balaban J connectivity index is 2.14. The van der Waals surface area contributed by atoms with Gasteiger partial charge in [-0.1, -0.05) is 18.2 Å². The molecule has 0 bridgehead atoms. The highest BCUT2D eigenvalue weighted by atomic mass is 19.1. The topological polar surface area (TPSA) is 36.4 Å². The van der Waals surface area contributed by atoms with Gasteiger partial charge in [0.25, 0.3) is 0 Å². The van der Waals surface area contributed by atoms with Gasteiger partial charge in [0.15, 0.2) is 0 Å². The average Bonchev–Trinajstić information content (AvgIpc) is 2.42. The Morgan fingerprint density at radius 2 is 1.89 bits per heavy atom. The van der Waals surface area contributed by atoms with Gasteiger partial charge >= 0.3 is 0 Å². The van der Waals surface area contributed by atoms with Gasteiger partial charge in [-0.05, 0) is 29.8 Å². The summed E-state index contributed by atoms with van der Waals surface area (Å²) in [6.45, 7) is 1.14. The molecule has 1 aromatic heterocycles. The van der Waals surface area contributed by atoms with E-state index in [4.69, 9.17) is 5.11 Å². The van der Waals surface area contributed by atoms with Crippen LogP contribution in [0.3, 0.4) is 0 Å². The molecule has 18 heavy (non-hydrogen) atoms. The summed E-state index contributed by atoms with van der Waals surface area (Å²) in [5.74, 6) is 0.557. The van der Waals surface area contributed by atoms with E-state index < -0.39 is 0 Å². The quantitative estimate of drug-likeness (QED) is 0.878. The molecule has 0 aliphatic heterocycles. The molecule has 2 rings (SSSR count). The molecule has 0 amide bonds. The molecule has 0 aliphatic rings. The summed E-state index contributed by atoms with van der Waals surface area (Å²) in [4.78, 5) is 6.20. The number of hydrogen-bond acceptors (Lipinski definition) is 3. The molecule has 0 saturated heterocycles. The highest BCUT2D eigenvalue weighted by Crippen LogP contribution is 2.13. The second kappa shape index (κ2) is 6.12. The molecule has 0 saturated carbocycles. The second-order valence-electron chi connectivity index (χ2n) is 3.96. The molecule has 2 aromatic rings. The number of nitrogens with zero attached hydrogens (tertiary/aromatic N) is 2. The van der Waals surface area contributed by atoms with Crippen LogP contribution in [0, 0.1) is 5.82 Å². The third-order valence-corrected chi connectivity index (χ3v) is 2.63. The van der Waals surface area contributed by atoms with Crippen LogP contribution in [0.5, 0.6) is 0 Å². The van der Waals surface area contributed by atoms with Crippen LogP contribution in [0.2, 0.25) is 0 Å². The zero-order chi connectivity index (χ0) is 12.8. The van der Waals surface area contributed by atoms with Crippen molar-refractivity contribution >= 4 is 5.82 Å². The molecular formula is C14H15FN2O. The summed E-state index contributed by atoms with van der Waals surface area (Å²) in [6.07, 6.45) is 1.71. The summed E-state index contributed by atoms with van der Waals surface area (Å²) < 4.78 is 12.8. The Morgan fingerprint density at radius 1 is 1.11 bits per heavy atom. The number of halogens is 1. The summed E-state index contributed by atoms with van der Waals surface area (Å²) in [5.41, 5.74) is 0.982. The van der Waals surface area contributed by atoms with Crippen molar-refractivity contribution < 1.29 is 9.50 Å². The van der Waals surface area contributed by atoms with Crippen molar-refractivity contribution in [1.82, 2.24) is 4.98 Å². The number of benzene rings is 1. The number of aliphatic hydroxyl groups is 1. The molecule has 0 spiro atoms. The zero-order valence-electron chi connectivity index (χ0n) is 9.96. The molecule has 1 heterocycles. The van der Waals surface area contributed by atoms with Gasteiger partial charge in [-0.25, -0.2) is 9.37 Å². The monoisotopic (exact) mass is 246 g/mol. The van der Waals surface area contributed by atoms with Crippen LogP contribution in [0.4, 0.5) is 10.2 Å². The number of hydrogen-bond donors (Lipinski definition) is 1. The SMILES string of the molecule is OCCN(Cc1ccc(F)cc1)c1ccccn1. The Bertz CT molecular complexity index is 473. The number of anilines is 1. The van der Waals surface area contributed by atoms with E-state index in [1.807, 2.05) is 23.1 Å². The van der Waals surface area contributed by atoms with E-state index in [0.29, 0.717) is 13.1 Å². The first kappa shape index (κ1) is 12.5. The third kappa shape index (κ3) is 3.28. The van der Waals surface area contributed by atoms with Gasteiger partial charge < -0.3 is 10.0 Å². The lowest BCUT2D eigenvalue weighted by Crippen LogP contribution is -2.26. The molecule has 1 N–H and O–H groups in total. The molecule has 4 heteroatoms. The van der Waals surface area contributed by atoms with E-state index in [-0.39, 0.29) is 12.4 Å². The Kier molecular flexibility index (Phi) is 4.25. The lowest BCUT2D eigenvalue weighted by molar-refractivity contribution is 0.301. The van der Waals surface area contributed by atoms with Crippen LogP contribution in [-0.4, -0.2) is 23.2 Å². The van der Waals surface area contributed by atoms with Crippen molar-refractivity contribution in [3.63, 3.8) is 0 Å². The molecule has 0 fully saturated rings. The zero-order valence-corrected chi connectivity index (χ0v) is 9.96. The van der Waals surface area contributed by atoms with Crippen LogP contribution >= 0.6 is 0 Å². The first-order chi connectivity index (χ1) is 8.79. The van der Waals surface area contributed by atoms with Crippen molar-refractivity contribution in [1.29, 1.82) is 0 Å². The summed E-state index contributed by atoms with van der Waals surface area (Å²) in [7, 11) is 0. The molecule has 94 valence electrons. The molecular weight excluding hydrogens is 231 g/mol. The predicted molar refractivity (Wildman–Crippen MR) is 68.8 cm³/mol. The molecule has 0 aliphatic carbocycles. The van der Waals surface area contributed by atoms with Crippen LogP contribution < -0.4 is 4.90 Å². The fourth-order valence-electron chi connectivity index (χ4n) is 1.75. The number of aliphatic hydroxyl groups excluding tert-OH is 1. The number of aromatic nitrogens is 1. The molecule has 0 unspecified atom stereocenters. The van der Waals surface area contributed by atoms with Gasteiger partial charge in [-0.2, -0.15) is 0 Å². The van der Waals surface area contributed by atoms with Gasteiger partial charge in [-0.3, -0.25) is 0 Å². The predicted octanol–water partition coefficient (Wildman–Crippen LogP) is 2.22. The molecule has 0 radical (unpaired) electrons. The highest BCUT2D eigenvalue weighted by molar-refractivity contribution is 5.39. The standard InChI is InChI=1S/C14H15FN2O/c15-13-6-4-12(5-7-13)11-17(9-10-18)14-3-1-2-8-16-14/h1-8,18H,9-11H2. The van der Waals surface area contributed by atoms with Gasteiger partial charge in [0.2, 0.25) is 0 Å². The van der Waals surface area contributed by atoms with Crippen molar-refractivity contribution in [3.05, 3.63) is 60.0 Å². The normalized spacial score (nSPS) is 10.3. The minimum Gasteiger partial charge on any atom is -0.395 e. The summed E-state index contributed by atoms with van der Waals surface area (Å²) in [6, 6.07) is 12.0. The first-order valence-corrected chi connectivity index (χ1v) is 5.81. The van der Waals surface area contributed by atoms with Crippen molar-refractivity contribution in [2.75, 3.05) is 18.1 Å². The van der Waals surface area contributed by atoms with E-state index in [0.717, 1.165) is 11.4 Å². The fraction of sp³-hybridized carbons (Fsp3) is 0.214. The van der Waals surface area contributed by atoms with Crippen molar-refractivity contribution in [3.8, 4) is 0 Å². The van der Waals surface area contributed by atoms with Crippen molar-refractivity contribution in [2.45, 2.75) is 6.54 Å². The van der Waals surface area contributed by atoms with Crippen LogP contribution in [-0.2, 0) is 6.54 Å². The minimum atomic E-state index is -0.245. The number of pyridine rings is 1. The van der Waals surface area contributed by atoms with E-state index in [2.05, 4.69) is 4.98 Å². The minimum absolute atomic E-state index is 0.0533. The van der Waals surface area contributed by atoms with Gasteiger partial charge in [0.1, 0.15) is 11.6 Å². The van der Waals surface area contributed by atoms with Gasteiger partial charge in [0, 0.05) is 19.3 Å². The summed E-state index contributed by atoms with van der Waals surface area (Å²) in [5, 5.41) is 9.09. The fourth-order valence-corrected chi connectivity index (χ4v) is 1.75. The first-order valence-electron chi connectivity index (χ1n) is 5.81. The molecule has 0 atom stereocenters. The van der Waals surface area contributed by atoms with Crippen LogP contribution in [0.1, 0.15) is 5.56 Å². The smallest absolute Gasteiger partial charge is 0.128 e. The van der Waals surface area contributed by atoms with Crippen LogP contribution in [0.25, 0.3) is 0 Å². The largest absolute Gasteiger partial charge is 0.395 e. The summed E-state index contributed by atoms with van der Waals surface area (Å²) >= 11 is 0. The second-order valence-corrected chi connectivity index (χ2v) is 3.96. The Morgan fingerprint density at radius 3 is 2.50 bits per heavy atom.